The lowest BCUT2D eigenvalue weighted by Gasteiger charge is -2.19. The van der Waals surface area contributed by atoms with E-state index >= 15 is 0 Å². The first kappa shape index (κ1) is 19.4. The summed E-state index contributed by atoms with van der Waals surface area (Å²) in [5.74, 6) is 0.659. The number of fused-ring (bicyclic) bond motifs is 2. The minimum Gasteiger partial charge on any atom is -0.490 e. The molecule has 2 aliphatic rings. The van der Waals surface area contributed by atoms with E-state index in [4.69, 9.17) is 15.2 Å². The zero-order valence-corrected chi connectivity index (χ0v) is 16.8. The third-order valence-electron chi connectivity index (χ3n) is 5.58. The second-order valence-electron chi connectivity index (χ2n) is 8.13. The molecule has 0 spiro atoms. The van der Waals surface area contributed by atoms with Crippen molar-refractivity contribution in [2.45, 2.75) is 26.0 Å². The average Bonchev–Trinajstić information content (AvgIpc) is 3.17. The molecule has 8 nitrogen and oxygen atoms in total. The monoisotopic (exact) mass is 398 g/mol. The van der Waals surface area contributed by atoms with Crippen molar-refractivity contribution in [3.8, 4) is 11.6 Å². The summed E-state index contributed by atoms with van der Waals surface area (Å²) >= 11 is 0. The van der Waals surface area contributed by atoms with Gasteiger partial charge < -0.3 is 25.4 Å². The molecule has 2 aliphatic heterocycles. The Morgan fingerprint density at radius 1 is 1.38 bits per heavy atom. The molecule has 2 fully saturated rings. The van der Waals surface area contributed by atoms with Gasteiger partial charge in [0.1, 0.15) is 12.4 Å². The molecule has 2 saturated heterocycles. The number of hydrogen-bond acceptors (Lipinski definition) is 6. The highest BCUT2D eigenvalue weighted by molar-refractivity contribution is 6.01. The second kappa shape index (κ2) is 7.51. The molecule has 8 heteroatoms. The predicted octanol–water partition coefficient (Wildman–Crippen LogP) is 1.18. The van der Waals surface area contributed by atoms with Crippen molar-refractivity contribution in [2.75, 3.05) is 26.7 Å². The Bertz CT molecular complexity index is 961. The highest BCUT2D eigenvalue weighted by Crippen LogP contribution is 2.33. The Morgan fingerprint density at radius 3 is 2.90 bits per heavy atom. The quantitative estimate of drug-likeness (QED) is 0.757. The van der Waals surface area contributed by atoms with E-state index in [0.717, 1.165) is 23.9 Å². The van der Waals surface area contributed by atoms with Gasteiger partial charge in [0.25, 0.3) is 5.91 Å². The van der Waals surface area contributed by atoms with Gasteiger partial charge in [0.2, 0.25) is 11.8 Å². The molecular weight excluding hydrogens is 372 g/mol. The van der Waals surface area contributed by atoms with Crippen LogP contribution >= 0.6 is 0 Å². The summed E-state index contributed by atoms with van der Waals surface area (Å²) in [5.41, 5.74) is 5.85. The van der Waals surface area contributed by atoms with E-state index in [2.05, 4.69) is 15.2 Å². The standard InChI is InChI=1S/C21H26N4O4/c1-11(2)29-18-7-13-12(6-14(18)19(22)26)4-5-23-21(13)28-10-17-15-8-25(3)9-16(15)20(27)24-17/h4-7,11,15-17H,8-10H2,1-3H3,(H2,22,26)(H,24,27). The van der Waals surface area contributed by atoms with Crippen molar-refractivity contribution >= 4 is 22.6 Å². The minimum absolute atomic E-state index is 0.0262. The van der Waals surface area contributed by atoms with Gasteiger partial charge in [-0.25, -0.2) is 4.98 Å². The largest absolute Gasteiger partial charge is 0.490 e. The van der Waals surface area contributed by atoms with Gasteiger partial charge in [0, 0.05) is 30.6 Å². The van der Waals surface area contributed by atoms with Crippen LogP contribution in [0.1, 0.15) is 24.2 Å². The third kappa shape index (κ3) is 3.72. The molecule has 29 heavy (non-hydrogen) atoms. The number of aromatic nitrogens is 1. The van der Waals surface area contributed by atoms with Gasteiger partial charge in [-0.15, -0.1) is 0 Å². The lowest BCUT2D eigenvalue weighted by molar-refractivity contribution is -0.122. The smallest absolute Gasteiger partial charge is 0.252 e. The molecule has 1 aromatic heterocycles. The maximum Gasteiger partial charge on any atom is 0.252 e. The molecule has 0 bridgehead atoms. The maximum atomic E-state index is 12.2. The molecule has 3 N–H and O–H groups in total. The summed E-state index contributed by atoms with van der Waals surface area (Å²) in [5, 5.41) is 4.57. The van der Waals surface area contributed by atoms with Crippen molar-refractivity contribution in [3.05, 3.63) is 30.0 Å². The molecule has 0 radical (unpaired) electrons. The highest BCUT2D eigenvalue weighted by atomic mass is 16.5. The predicted molar refractivity (Wildman–Crippen MR) is 108 cm³/mol. The Balaban J connectivity index is 1.60. The molecule has 0 saturated carbocycles. The van der Waals surface area contributed by atoms with Gasteiger partial charge in [0.15, 0.2) is 0 Å². The van der Waals surface area contributed by atoms with Crippen LogP contribution < -0.4 is 20.5 Å². The van der Waals surface area contributed by atoms with Crippen LogP contribution in [0, 0.1) is 11.8 Å². The molecule has 2 amide bonds. The molecule has 0 aliphatic carbocycles. The number of rotatable bonds is 6. The van der Waals surface area contributed by atoms with Crippen molar-refractivity contribution < 1.29 is 19.1 Å². The molecule has 154 valence electrons. The Kier molecular flexibility index (Phi) is 5.04. The van der Waals surface area contributed by atoms with Gasteiger partial charge in [-0.05, 0) is 44.5 Å². The fourth-order valence-electron chi connectivity index (χ4n) is 4.28. The summed E-state index contributed by atoms with van der Waals surface area (Å²) < 4.78 is 11.8. The van der Waals surface area contributed by atoms with Crippen LogP contribution in [0.4, 0.5) is 0 Å². The number of nitrogens with two attached hydrogens (primary N) is 1. The molecule has 3 atom stereocenters. The summed E-state index contributed by atoms with van der Waals surface area (Å²) in [6.07, 6.45) is 1.52. The summed E-state index contributed by atoms with van der Waals surface area (Å²) in [6, 6.07) is 5.19. The van der Waals surface area contributed by atoms with Crippen molar-refractivity contribution in [1.82, 2.24) is 15.2 Å². The number of carbonyl (C=O) groups is 2. The van der Waals surface area contributed by atoms with Crippen LogP contribution in [0.15, 0.2) is 24.4 Å². The zero-order chi connectivity index (χ0) is 20.7. The number of pyridine rings is 1. The van der Waals surface area contributed by atoms with Crippen LogP contribution in [-0.2, 0) is 4.79 Å². The van der Waals surface area contributed by atoms with Crippen LogP contribution in [0.5, 0.6) is 11.6 Å². The SMILES string of the molecule is CC(C)Oc1cc2c(OCC3NC(=O)C4CN(C)CC34)nccc2cc1C(N)=O. The normalized spacial score (nSPS) is 24.0. The Hall–Kier alpha value is -2.87. The summed E-state index contributed by atoms with van der Waals surface area (Å²) in [6.45, 7) is 5.76. The lowest BCUT2D eigenvalue weighted by atomic mass is 9.94. The van der Waals surface area contributed by atoms with E-state index in [9.17, 15) is 9.59 Å². The zero-order valence-electron chi connectivity index (χ0n) is 16.8. The molecule has 2 aromatic rings. The van der Waals surface area contributed by atoms with E-state index in [0.29, 0.717) is 23.8 Å². The van der Waals surface area contributed by atoms with Gasteiger partial charge in [-0.1, -0.05) is 0 Å². The van der Waals surface area contributed by atoms with Crippen LogP contribution in [0.2, 0.25) is 0 Å². The van der Waals surface area contributed by atoms with Crippen molar-refractivity contribution in [2.24, 2.45) is 17.6 Å². The number of benzene rings is 1. The van der Waals surface area contributed by atoms with E-state index in [1.165, 1.54) is 0 Å². The number of amides is 2. The van der Waals surface area contributed by atoms with E-state index in [-0.39, 0.29) is 29.9 Å². The molecule has 3 unspecified atom stereocenters. The number of nitrogens with zero attached hydrogens (tertiary/aromatic N) is 2. The maximum absolute atomic E-state index is 12.2. The van der Waals surface area contributed by atoms with E-state index in [1.54, 1.807) is 24.4 Å². The van der Waals surface area contributed by atoms with Gasteiger partial charge in [-0.2, -0.15) is 0 Å². The molecule has 4 rings (SSSR count). The van der Waals surface area contributed by atoms with Crippen LogP contribution in [-0.4, -0.2) is 60.6 Å². The molecule has 3 heterocycles. The van der Waals surface area contributed by atoms with E-state index < -0.39 is 5.91 Å². The van der Waals surface area contributed by atoms with E-state index in [1.807, 2.05) is 20.9 Å². The first-order valence-electron chi connectivity index (χ1n) is 9.84. The third-order valence-corrected chi connectivity index (χ3v) is 5.58. The molecule has 1 aromatic carbocycles. The average molecular weight is 398 g/mol. The summed E-state index contributed by atoms with van der Waals surface area (Å²) in [7, 11) is 2.03. The number of nitrogens with one attached hydrogen (secondary N) is 1. The lowest BCUT2D eigenvalue weighted by Crippen LogP contribution is -2.38. The Labute approximate surface area is 169 Å². The first-order chi connectivity index (χ1) is 13.8. The van der Waals surface area contributed by atoms with Crippen molar-refractivity contribution in [1.29, 1.82) is 0 Å². The van der Waals surface area contributed by atoms with Crippen LogP contribution in [0.3, 0.4) is 0 Å². The number of carbonyl (C=O) groups excluding carboxylic acids is 2. The topological polar surface area (TPSA) is 107 Å². The van der Waals surface area contributed by atoms with Gasteiger partial charge in [0.05, 0.1) is 23.6 Å². The summed E-state index contributed by atoms with van der Waals surface area (Å²) in [4.78, 5) is 30.6. The highest BCUT2D eigenvalue weighted by Gasteiger charge is 2.47. The number of likely N-dealkylation sites (tertiary alicyclic amines) is 1. The van der Waals surface area contributed by atoms with Crippen LogP contribution in [0.25, 0.3) is 10.8 Å². The van der Waals surface area contributed by atoms with Gasteiger partial charge >= 0.3 is 0 Å². The minimum atomic E-state index is -0.549. The number of hydrogen-bond donors (Lipinski definition) is 2. The second-order valence-corrected chi connectivity index (χ2v) is 8.13. The number of ether oxygens (including phenoxy) is 2. The fourth-order valence-corrected chi connectivity index (χ4v) is 4.28. The first-order valence-corrected chi connectivity index (χ1v) is 9.84. The number of primary amides is 1. The Morgan fingerprint density at radius 2 is 2.17 bits per heavy atom. The molecular formula is C21H26N4O4. The van der Waals surface area contributed by atoms with Gasteiger partial charge in [-0.3, -0.25) is 9.59 Å². The fraction of sp³-hybridized carbons (Fsp3) is 0.476. The van der Waals surface area contributed by atoms with Crippen molar-refractivity contribution in [3.63, 3.8) is 0 Å².